The van der Waals surface area contributed by atoms with Crippen LogP contribution in [0.5, 0.6) is 0 Å². The summed E-state index contributed by atoms with van der Waals surface area (Å²) in [5.41, 5.74) is 1.39. The number of carbonyl (C=O) groups excluding carboxylic acids is 1. The molecule has 2 nitrogen and oxygen atoms in total. The van der Waals surface area contributed by atoms with Crippen molar-refractivity contribution in [1.82, 2.24) is 0 Å². The lowest BCUT2D eigenvalue weighted by atomic mass is 10.2. The summed E-state index contributed by atoms with van der Waals surface area (Å²) in [7, 11) is 0. The molecule has 0 spiro atoms. The molecule has 1 N–H and O–H groups in total. The van der Waals surface area contributed by atoms with Crippen LogP contribution < -0.4 is 5.32 Å². The number of hydrogen-bond donors (Lipinski definition) is 1. The van der Waals surface area contributed by atoms with Crippen LogP contribution in [-0.4, -0.2) is 11.7 Å². The molecule has 22 heavy (non-hydrogen) atoms. The molecule has 0 heterocycles. The van der Waals surface area contributed by atoms with E-state index in [1.54, 1.807) is 24.8 Å². The van der Waals surface area contributed by atoms with Crippen molar-refractivity contribution in [3.05, 3.63) is 58.9 Å². The molecule has 0 aliphatic carbocycles. The Morgan fingerprint density at radius 2 is 1.95 bits per heavy atom. The standard InChI is InChI=1S/C17H17ClFNOS/c1-12-11-14(19)6-9-16(12)20-17(21)3-2-10-22-15-7-4-13(18)5-8-15/h4-9,11H,2-3,10H2,1H3,(H,20,21). The highest BCUT2D eigenvalue weighted by atomic mass is 35.5. The van der Waals surface area contributed by atoms with Gasteiger partial charge in [0.1, 0.15) is 5.82 Å². The van der Waals surface area contributed by atoms with Crippen LogP contribution in [0, 0.1) is 12.7 Å². The van der Waals surface area contributed by atoms with Crippen LogP contribution in [0.2, 0.25) is 5.02 Å². The molecular weight excluding hydrogens is 321 g/mol. The van der Waals surface area contributed by atoms with Crippen molar-refractivity contribution in [2.24, 2.45) is 0 Å². The zero-order valence-corrected chi connectivity index (χ0v) is 13.8. The SMILES string of the molecule is Cc1cc(F)ccc1NC(=O)CCCSc1ccc(Cl)cc1. The lowest BCUT2D eigenvalue weighted by Crippen LogP contribution is -2.12. The molecular formula is C17H17ClFNOS. The largest absolute Gasteiger partial charge is 0.326 e. The molecule has 0 aliphatic heterocycles. The number of nitrogens with one attached hydrogen (secondary N) is 1. The molecule has 0 bridgehead atoms. The summed E-state index contributed by atoms with van der Waals surface area (Å²) in [4.78, 5) is 13.0. The smallest absolute Gasteiger partial charge is 0.224 e. The molecule has 0 fully saturated rings. The average Bonchev–Trinajstić information content (AvgIpc) is 2.48. The Morgan fingerprint density at radius 1 is 1.23 bits per heavy atom. The van der Waals surface area contributed by atoms with E-state index in [1.165, 1.54) is 12.1 Å². The van der Waals surface area contributed by atoms with E-state index in [4.69, 9.17) is 11.6 Å². The number of thioether (sulfide) groups is 1. The Kier molecular flexibility index (Phi) is 6.28. The van der Waals surface area contributed by atoms with Crippen molar-refractivity contribution in [3.63, 3.8) is 0 Å². The number of carbonyl (C=O) groups is 1. The Hall–Kier alpha value is -1.52. The van der Waals surface area contributed by atoms with Crippen LogP contribution in [0.4, 0.5) is 10.1 Å². The number of anilines is 1. The molecule has 2 rings (SSSR count). The molecule has 0 saturated carbocycles. The van der Waals surface area contributed by atoms with Gasteiger partial charge in [-0.05, 0) is 67.1 Å². The number of amides is 1. The van der Waals surface area contributed by atoms with Crippen LogP contribution in [0.15, 0.2) is 47.4 Å². The van der Waals surface area contributed by atoms with Gasteiger partial charge in [-0.2, -0.15) is 0 Å². The van der Waals surface area contributed by atoms with Crippen LogP contribution in [0.3, 0.4) is 0 Å². The molecule has 116 valence electrons. The van der Waals surface area contributed by atoms with E-state index in [2.05, 4.69) is 5.32 Å². The third-order valence-corrected chi connectivity index (χ3v) is 4.44. The van der Waals surface area contributed by atoms with Crippen molar-refractivity contribution in [2.45, 2.75) is 24.7 Å². The van der Waals surface area contributed by atoms with E-state index in [0.717, 1.165) is 27.7 Å². The van der Waals surface area contributed by atoms with Crippen LogP contribution >= 0.6 is 23.4 Å². The molecule has 0 aliphatic rings. The van der Waals surface area contributed by atoms with E-state index in [0.29, 0.717) is 12.1 Å². The van der Waals surface area contributed by atoms with Gasteiger partial charge in [-0.25, -0.2) is 4.39 Å². The average molecular weight is 338 g/mol. The molecule has 0 saturated heterocycles. The number of hydrogen-bond acceptors (Lipinski definition) is 2. The van der Waals surface area contributed by atoms with E-state index in [9.17, 15) is 9.18 Å². The first-order valence-corrected chi connectivity index (χ1v) is 8.35. The van der Waals surface area contributed by atoms with Crippen molar-refractivity contribution in [3.8, 4) is 0 Å². The van der Waals surface area contributed by atoms with E-state index in [1.807, 2.05) is 24.3 Å². The van der Waals surface area contributed by atoms with Gasteiger partial charge in [0.05, 0.1) is 0 Å². The second kappa shape index (κ2) is 8.20. The first kappa shape index (κ1) is 16.8. The number of rotatable bonds is 6. The maximum absolute atomic E-state index is 13.0. The zero-order valence-electron chi connectivity index (χ0n) is 12.2. The van der Waals surface area contributed by atoms with Crippen molar-refractivity contribution in [1.29, 1.82) is 0 Å². The molecule has 5 heteroatoms. The van der Waals surface area contributed by atoms with Gasteiger partial charge in [0, 0.05) is 22.0 Å². The monoisotopic (exact) mass is 337 g/mol. The summed E-state index contributed by atoms with van der Waals surface area (Å²) < 4.78 is 13.0. The Balaban J connectivity index is 1.72. The van der Waals surface area contributed by atoms with Gasteiger partial charge in [-0.15, -0.1) is 11.8 Å². The highest BCUT2D eigenvalue weighted by Gasteiger charge is 2.05. The lowest BCUT2D eigenvalue weighted by molar-refractivity contribution is -0.116. The van der Waals surface area contributed by atoms with Crippen molar-refractivity contribution < 1.29 is 9.18 Å². The maximum Gasteiger partial charge on any atom is 0.224 e. The first-order chi connectivity index (χ1) is 10.5. The van der Waals surface area contributed by atoms with Crippen molar-refractivity contribution >= 4 is 35.0 Å². The molecule has 0 radical (unpaired) electrons. The minimum Gasteiger partial charge on any atom is -0.326 e. The van der Waals surface area contributed by atoms with Crippen molar-refractivity contribution in [2.75, 3.05) is 11.1 Å². The van der Waals surface area contributed by atoms with Gasteiger partial charge in [-0.3, -0.25) is 4.79 Å². The fourth-order valence-electron chi connectivity index (χ4n) is 1.93. The third kappa shape index (κ3) is 5.35. The summed E-state index contributed by atoms with van der Waals surface area (Å²) in [6, 6.07) is 12.0. The minimum absolute atomic E-state index is 0.0496. The Morgan fingerprint density at radius 3 is 2.64 bits per heavy atom. The number of benzene rings is 2. The van der Waals surface area contributed by atoms with Gasteiger partial charge in [0.25, 0.3) is 0 Å². The normalized spacial score (nSPS) is 10.5. The molecule has 0 aromatic heterocycles. The molecule has 1 amide bonds. The van der Waals surface area contributed by atoms with Crippen LogP contribution in [0.25, 0.3) is 0 Å². The second-order valence-electron chi connectivity index (χ2n) is 4.91. The van der Waals surface area contributed by atoms with Gasteiger partial charge in [-0.1, -0.05) is 11.6 Å². The second-order valence-corrected chi connectivity index (χ2v) is 6.52. The topological polar surface area (TPSA) is 29.1 Å². The summed E-state index contributed by atoms with van der Waals surface area (Å²) in [6.07, 6.45) is 1.22. The number of aryl methyl sites for hydroxylation is 1. The maximum atomic E-state index is 13.0. The van der Waals surface area contributed by atoms with Gasteiger partial charge >= 0.3 is 0 Å². The van der Waals surface area contributed by atoms with E-state index >= 15 is 0 Å². The summed E-state index contributed by atoms with van der Waals surface area (Å²) in [5, 5.41) is 3.53. The predicted molar refractivity (Wildman–Crippen MR) is 91.2 cm³/mol. The molecule has 0 unspecified atom stereocenters. The van der Waals surface area contributed by atoms with E-state index < -0.39 is 0 Å². The Bertz CT molecular complexity index is 646. The highest BCUT2D eigenvalue weighted by molar-refractivity contribution is 7.99. The fourth-order valence-corrected chi connectivity index (χ4v) is 2.91. The molecule has 2 aromatic rings. The summed E-state index contributed by atoms with van der Waals surface area (Å²) in [6.45, 7) is 1.77. The first-order valence-electron chi connectivity index (χ1n) is 6.99. The van der Waals surface area contributed by atoms with Gasteiger partial charge in [0.2, 0.25) is 5.91 Å². The quantitative estimate of drug-likeness (QED) is 0.572. The molecule has 2 aromatic carbocycles. The van der Waals surface area contributed by atoms with Crippen LogP contribution in [-0.2, 0) is 4.79 Å². The van der Waals surface area contributed by atoms with Gasteiger partial charge < -0.3 is 5.32 Å². The zero-order chi connectivity index (χ0) is 15.9. The fraction of sp³-hybridized carbons (Fsp3) is 0.235. The minimum atomic E-state index is -0.296. The number of halogens is 2. The molecule has 0 atom stereocenters. The van der Waals surface area contributed by atoms with Crippen LogP contribution in [0.1, 0.15) is 18.4 Å². The lowest BCUT2D eigenvalue weighted by Gasteiger charge is -2.08. The van der Waals surface area contributed by atoms with Gasteiger partial charge in [0.15, 0.2) is 0 Å². The Labute approximate surface area is 139 Å². The van der Waals surface area contributed by atoms with E-state index in [-0.39, 0.29) is 11.7 Å². The summed E-state index contributed by atoms with van der Waals surface area (Å²) in [5.74, 6) is 0.513. The third-order valence-electron chi connectivity index (χ3n) is 3.09. The predicted octanol–water partition coefficient (Wildman–Crippen LogP) is 5.30. The highest BCUT2D eigenvalue weighted by Crippen LogP contribution is 2.21. The summed E-state index contributed by atoms with van der Waals surface area (Å²) >= 11 is 7.52.